The second-order valence-corrected chi connectivity index (χ2v) is 5.95. The van der Waals surface area contributed by atoms with Crippen LogP contribution >= 0.6 is 0 Å². The molecule has 1 aromatic heterocycles. The molecule has 0 radical (unpaired) electrons. The van der Waals surface area contributed by atoms with Crippen molar-refractivity contribution in [3.63, 3.8) is 0 Å². The lowest BCUT2D eigenvalue weighted by atomic mass is 10.1. The maximum Gasteiger partial charge on any atom is 0.274 e. The standard InChI is InChI=1S/C21H21N3O2/c1-15-3-5-16(6-4-15)13-22-18-9-12-20(23-14-18)21(25)24-17-7-10-19(26-2)11-8-17/h3-12,14,22H,13H2,1-2H3,(H,24,25). The average Bonchev–Trinajstić information content (AvgIpc) is 2.68. The van der Waals surface area contributed by atoms with E-state index in [1.54, 1.807) is 43.6 Å². The number of pyridine rings is 1. The molecule has 0 spiro atoms. The number of carbonyl (C=O) groups excluding carboxylic acids is 1. The molecule has 5 heteroatoms. The van der Waals surface area contributed by atoms with Crippen molar-refractivity contribution in [2.75, 3.05) is 17.7 Å². The fraction of sp³-hybridized carbons (Fsp3) is 0.143. The fourth-order valence-electron chi connectivity index (χ4n) is 2.41. The van der Waals surface area contributed by atoms with Gasteiger partial charge in [0.25, 0.3) is 5.91 Å². The third kappa shape index (κ3) is 4.60. The Morgan fingerprint density at radius 2 is 1.65 bits per heavy atom. The molecule has 0 saturated heterocycles. The first-order valence-electron chi connectivity index (χ1n) is 8.35. The highest BCUT2D eigenvalue weighted by molar-refractivity contribution is 6.02. The molecule has 0 bridgehead atoms. The Hall–Kier alpha value is -3.34. The number of hydrogen-bond donors (Lipinski definition) is 2. The second-order valence-electron chi connectivity index (χ2n) is 5.95. The van der Waals surface area contributed by atoms with Gasteiger partial charge in [-0.05, 0) is 48.9 Å². The number of aromatic nitrogens is 1. The van der Waals surface area contributed by atoms with Gasteiger partial charge in [0.15, 0.2) is 0 Å². The normalized spacial score (nSPS) is 10.2. The van der Waals surface area contributed by atoms with Crippen LogP contribution in [0.1, 0.15) is 21.6 Å². The summed E-state index contributed by atoms with van der Waals surface area (Å²) in [6.07, 6.45) is 1.66. The van der Waals surface area contributed by atoms with Gasteiger partial charge in [-0.3, -0.25) is 4.79 Å². The van der Waals surface area contributed by atoms with Crippen molar-refractivity contribution in [2.45, 2.75) is 13.5 Å². The number of nitrogens with zero attached hydrogens (tertiary/aromatic N) is 1. The van der Waals surface area contributed by atoms with Gasteiger partial charge in [-0.15, -0.1) is 0 Å². The topological polar surface area (TPSA) is 63.2 Å². The molecule has 0 aliphatic rings. The number of ether oxygens (including phenoxy) is 1. The number of methoxy groups -OCH3 is 1. The predicted octanol–water partition coefficient (Wildman–Crippen LogP) is 4.26. The molecular formula is C21H21N3O2. The summed E-state index contributed by atoms with van der Waals surface area (Å²) < 4.78 is 5.10. The summed E-state index contributed by atoms with van der Waals surface area (Å²) in [5.74, 6) is 0.491. The molecule has 0 aliphatic carbocycles. The molecular weight excluding hydrogens is 326 g/mol. The molecule has 2 aromatic carbocycles. The minimum atomic E-state index is -0.250. The Kier molecular flexibility index (Phi) is 5.49. The van der Waals surface area contributed by atoms with E-state index >= 15 is 0 Å². The van der Waals surface area contributed by atoms with Crippen molar-refractivity contribution in [2.24, 2.45) is 0 Å². The zero-order chi connectivity index (χ0) is 18.4. The monoisotopic (exact) mass is 347 g/mol. The van der Waals surface area contributed by atoms with E-state index in [0.29, 0.717) is 17.9 Å². The molecule has 0 aliphatic heterocycles. The average molecular weight is 347 g/mol. The maximum absolute atomic E-state index is 12.3. The summed E-state index contributed by atoms with van der Waals surface area (Å²) in [6, 6.07) is 19.1. The van der Waals surface area contributed by atoms with E-state index in [1.807, 2.05) is 6.07 Å². The largest absolute Gasteiger partial charge is 0.497 e. The number of benzene rings is 2. The van der Waals surface area contributed by atoms with Crippen molar-refractivity contribution in [1.29, 1.82) is 0 Å². The van der Waals surface area contributed by atoms with E-state index in [9.17, 15) is 4.79 Å². The summed E-state index contributed by atoms with van der Waals surface area (Å²) in [5, 5.41) is 6.12. The van der Waals surface area contributed by atoms with Gasteiger partial charge in [0.1, 0.15) is 11.4 Å². The molecule has 1 amide bonds. The Labute approximate surface area is 153 Å². The summed E-state index contributed by atoms with van der Waals surface area (Å²) in [5.41, 5.74) is 4.35. The highest BCUT2D eigenvalue weighted by Gasteiger charge is 2.08. The summed E-state index contributed by atoms with van der Waals surface area (Å²) >= 11 is 0. The number of aryl methyl sites for hydroxylation is 1. The number of nitrogens with one attached hydrogen (secondary N) is 2. The summed E-state index contributed by atoms with van der Waals surface area (Å²) in [6.45, 7) is 2.77. The lowest BCUT2D eigenvalue weighted by molar-refractivity contribution is 0.102. The number of hydrogen-bond acceptors (Lipinski definition) is 4. The van der Waals surface area contributed by atoms with Crippen LogP contribution in [0.25, 0.3) is 0 Å². The van der Waals surface area contributed by atoms with E-state index < -0.39 is 0 Å². The van der Waals surface area contributed by atoms with Crippen molar-refractivity contribution in [3.8, 4) is 5.75 Å². The third-order valence-electron chi connectivity index (χ3n) is 3.96. The zero-order valence-corrected chi connectivity index (χ0v) is 14.8. The first-order chi connectivity index (χ1) is 12.6. The minimum Gasteiger partial charge on any atom is -0.497 e. The molecule has 5 nitrogen and oxygen atoms in total. The van der Waals surface area contributed by atoms with Gasteiger partial charge >= 0.3 is 0 Å². The predicted molar refractivity (Wildman–Crippen MR) is 104 cm³/mol. The summed E-state index contributed by atoms with van der Waals surface area (Å²) in [7, 11) is 1.60. The highest BCUT2D eigenvalue weighted by Crippen LogP contribution is 2.16. The minimum absolute atomic E-state index is 0.250. The summed E-state index contributed by atoms with van der Waals surface area (Å²) in [4.78, 5) is 16.5. The van der Waals surface area contributed by atoms with E-state index in [2.05, 4.69) is 46.8 Å². The van der Waals surface area contributed by atoms with Crippen LogP contribution in [0.3, 0.4) is 0 Å². The van der Waals surface area contributed by atoms with Gasteiger partial charge in [0.2, 0.25) is 0 Å². The Bertz CT molecular complexity index is 857. The smallest absolute Gasteiger partial charge is 0.274 e. The number of rotatable bonds is 6. The second kappa shape index (κ2) is 8.16. The van der Waals surface area contributed by atoms with Crippen LogP contribution in [0.5, 0.6) is 5.75 Å². The lowest BCUT2D eigenvalue weighted by Crippen LogP contribution is -2.13. The number of amides is 1. The lowest BCUT2D eigenvalue weighted by Gasteiger charge is -2.08. The van der Waals surface area contributed by atoms with Crippen LogP contribution in [0.4, 0.5) is 11.4 Å². The molecule has 132 valence electrons. The van der Waals surface area contributed by atoms with Crippen LogP contribution in [0.2, 0.25) is 0 Å². The van der Waals surface area contributed by atoms with Gasteiger partial charge in [0.05, 0.1) is 19.0 Å². The van der Waals surface area contributed by atoms with E-state index in [4.69, 9.17) is 4.74 Å². The Morgan fingerprint density at radius 1 is 0.962 bits per heavy atom. The van der Waals surface area contributed by atoms with Crippen molar-refractivity contribution < 1.29 is 9.53 Å². The van der Waals surface area contributed by atoms with Crippen LogP contribution in [-0.2, 0) is 6.54 Å². The molecule has 2 N–H and O–H groups in total. The van der Waals surface area contributed by atoms with Crippen molar-refractivity contribution in [1.82, 2.24) is 4.98 Å². The third-order valence-corrected chi connectivity index (χ3v) is 3.96. The van der Waals surface area contributed by atoms with Crippen LogP contribution in [-0.4, -0.2) is 18.0 Å². The highest BCUT2D eigenvalue weighted by atomic mass is 16.5. The number of anilines is 2. The van der Waals surface area contributed by atoms with Gasteiger partial charge in [-0.25, -0.2) is 4.98 Å². The Morgan fingerprint density at radius 3 is 2.27 bits per heavy atom. The van der Waals surface area contributed by atoms with Gasteiger partial charge in [0, 0.05) is 12.2 Å². The molecule has 1 heterocycles. The van der Waals surface area contributed by atoms with Crippen molar-refractivity contribution >= 4 is 17.3 Å². The zero-order valence-electron chi connectivity index (χ0n) is 14.8. The molecule has 0 saturated carbocycles. The van der Waals surface area contributed by atoms with Crippen LogP contribution in [0.15, 0.2) is 66.9 Å². The van der Waals surface area contributed by atoms with Crippen LogP contribution in [0, 0.1) is 6.92 Å². The first kappa shape index (κ1) is 17.5. The Balaban J connectivity index is 1.57. The number of carbonyl (C=O) groups is 1. The molecule has 26 heavy (non-hydrogen) atoms. The maximum atomic E-state index is 12.3. The van der Waals surface area contributed by atoms with Gasteiger partial charge in [-0.1, -0.05) is 29.8 Å². The van der Waals surface area contributed by atoms with Gasteiger partial charge in [-0.2, -0.15) is 0 Å². The van der Waals surface area contributed by atoms with E-state index in [1.165, 1.54) is 11.1 Å². The quantitative estimate of drug-likeness (QED) is 0.699. The molecule has 0 atom stereocenters. The SMILES string of the molecule is COc1ccc(NC(=O)c2ccc(NCc3ccc(C)cc3)cn2)cc1. The van der Waals surface area contributed by atoms with E-state index in [-0.39, 0.29) is 5.91 Å². The molecule has 3 rings (SSSR count). The first-order valence-corrected chi connectivity index (χ1v) is 8.35. The molecule has 0 fully saturated rings. The fourth-order valence-corrected chi connectivity index (χ4v) is 2.41. The molecule has 0 unspecified atom stereocenters. The van der Waals surface area contributed by atoms with Crippen molar-refractivity contribution in [3.05, 3.63) is 83.7 Å². The molecule has 3 aromatic rings. The van der Waals surface area contributed by atoms with E-state index in [0.717, 1.165) is 11.4 Å². The van der Waals surface area contributed by atoms with Crippen LogP contribution < -0.4 is 15.4 Å². The van der Waals surface area contributed by atoms with Gasteiger partial charge < -0.3 is 15.4 Å².